The van der Waals surface area contributed by atoms with E-state index in [1.807, 2.05) is 6.07 Å². The molecule has 116 valence electrons. The van der Waals surface area contributed by atoms with E-state index in [9.17, 15) is 4.39 Å². The van der Waals surface area contributed by atoms with Crippen molar-refractivity contribution in [1.82, 2.24) is 14.9 Å². The molecule has 2 aliphatic heterocycles. The number of fused-ring (bicyclic) bond motifs is 1. The second kappa shape index (κ2) is 5.47. The van der Waals surface area contributed by atoms with Crippen molar-refractivity contribution in [2.45, 2.75) is 38.3 Å². The first-order chi connectivity index (χ1) is 10.7. The van der Waals surface area contributed by atoms with Gasteiger partial charge in [-0.2, -0.15) is 0 Å². The van der Waals surface area contributed by atoms with Crippen molar-refractivity contribution in [2.75, 3.05) is 24.5 Å². The lowest BCUT2D eigenvalue weighted by Crippen LogP contribution is -2.62. The van der Waals surface area contributed by atoms with Gasteiger partial charge in [0.25, 0.3) is 0 Å². The van der Waals surface area contributed by atoms with E-state index in [0.29, 0.717) is 23.0 Å². The summed E-state index contributed by atoms with van der Waals surface area (Å²) in [4.78, 5) is 13.3. The molecule has 0 bridgehead atoms. The van der Waals surface area contributed by atoms with Crippen LogP contribution in [0.1, 0.15) is 26.2 Å². The molecule has 0 aliphatic carbocycles. The molecule has 2 saturated heterocycles. The lowest BCUT2D eigenvalue weighted by atomic mass is 9.97. The van der Waals surface area contributed by atoms with Crippen LogP contribution in [0.25, 0.3) is 10.9 Å². The van der Waals surface area contributed by atoms with Gasteiger partial charge < -0.3 is 4.90 Å². The van der Waals surface area contributed by atoms with Gasteiger partial charge in [-0.3, -0.25) is 4.90 Å². The standard InChI is InChI=1S/C17H21FN4/c1-12-5-2-3-8-22(12)13-9-21(10-13)17-16-14(18)6-4-7-15(16)19-11-20-17/h4,6-7,11-13H,2-3,5,8-10H2,1H3/t12-/m0/s1. The molecule has 1 atom stereocenters. The van der Waals surface area contributed by atoms with Gasteiger partial charge in [0.1, 0.15) is 18.0 Å². The summed E-state index contributed by atoms with van der Waals surface area (Å²) in [6.45, 7) is 5.38. The summed E-state index contributed by atoms with van der Waals surface area (Å²) in [6, 6.07) is 6.27. The maximum atomic E-state index is 14.2. The minimum absolute atomic E-state index is 0.233. The highest BCUT2D eigenvalue weighted by molar-refractivity contribution is 5.90. The summed E-state index contributed by atoms with van der Waals surface area (Å²) in [5.41, 5.74) is 0.680. The number of benzene rings is 1. The van der Waals surface area contributed by atoms with E-state index in [1.54, 1.807) is 6.07 Å². The van der Waals surface area contributed by atoms with Crippen molar-refractivity contribution in [1.29, 1.82) is 0 Å². The Labute approximate surface area is 130 Å². The Kier molecular flexibility index (Phi) is 3.45. The molecule has 0 unspecified atom stereocenters. The van der Waals surface area contributed by atoms with Crippen LogP contribution in [0.2, 0.25) is 0 Å². The number of rotatable bonds is 2. The Morgan fingerprint density at radius 1 is 1.18 bits per heavy atom. The van der Waals surface area contributed by atoms with Crippen LogP contribution in [0.3, 0.4) is 0 Å². The Hall–Kier alpha value is -1.75. The summed E-state index contributed by atoms with van der Waals surface area (Å²) in [5, 5.41) is 0.551. The number of hydrogen-bond acceptors (Lipinski definition) is 4. The molecule has 1 aromatic carbocycles. The SMILES string of the molecule is C[C@H]1CCCCN1C1CN(c2ncnc3cccc(F)c23)C1. The van der Waals surface area contributed by atoms with Gasteiger partial charge in [0.2, 0.25) is 0 Å². The summed E-state index contributed by atoms with van der Waals surface area (Å²) >= 11 is 0. The molecule has 0 radical (unpaired) electrons. The Morgan fingerprint density at radius 2 is 2.05 bits per heavy atom. The average molecular weight is 300 g/mol. The van der Waals surface area contributed by atoms with Gasteiger partial charge >= 0.3 is 0 Å². The summed E-state index contributed by atoms with van der Waals surface area (Å²) < 4.78 is 14.2. The van der Waals surface area contributed by atoms with Gasteiger partial charge in [0, 0.05) is 25.2 Å². The van der Waals surface area contributed by atoms with E-state index in [2.05, 4.69) is 26.7 Å². The molecule has 0 saturated carbocycles. The minimum Gasteiger partial charge on any atom is -0.353 e. The molecule has 0 amide bonds. The van der Waals surface area contributed by atoms with Gasteiger partial charge in [0.15, 0.2) is 0 Å². The van der Waals surface area contributed by atoms with Crippen LogP contribution in [0, 0.1) is 5.82 Å². The summed E-state index contributed by atoms with van der Waals surface area (Å²) in [7, 11) is 0. The lowest BCUT2D eigenvalue weighted by molar-refractivity contribution is 0.0873. The summed E-state index contributed by atoms with van der Waals surface area (Å²) in [6.07, 6.45) is 5.47. The average Bonchev–Trinajstić information content (AvgIpc) is 2.48. The van der Waals surface area contributed by atoms with Crippen LogP contribution < -0.4 is 4.90 Å². The third-order valence-corrected chi connectivity index (χ3v) is 5.08. The third kappa shape index (κ3) is 2.24. The van der Waals surface area contributed by atoms with Crippen molar-refractivity contribution in [3.8, 4) is 0 Å². The lowest BCUT2D eigenvalue weighted by Gasteiger charge is -2.49. The zero-order chi connectivity index (χ0) is 15.1. The van der Waals surface area contributed by atoms with Crippen LogP contribution in [0.5, 0.6) is 0 Å². The van der Waals surface area contributed by atoms with E-state index < -0.39 is 0 Å². The molecule has 3 heterocycles. The zero-order valence-electron chi connectivity index (χ0n) is 12.9. The monoisotopic (exact) mass is 300 g/mol. The number of likely N-dealkylation sites (tertiary alicyclic amines) is 1. The Bertz CT molecular complexity index is 678. The first-order valence-electron chi connectivity index (χ1n) is 8.14. The molecule has 22 heavy (non-hydrogen) atoms. The molecule has 2 aliphatic rings. The Balaban J connectivity index is 1.56. The van der Waals surface area contributed by atoms with Crippen molar-refractivity contribution < 1.29 is 4.39 Å². The fraction of sp³-hybridized carbons (Fsp3) is 0.529. The first kappa shape index (κ1) is 13.9. The smallest absolute Gasteiger partial charge is 0.142 e. The topological polar surface area (TPSA) is 32.3 Å². The van der Waals surface area contributed by atoms with Crippen molar-refractivity contribution in [3.05, 3.63) is 30.3 Å². The molecule has 0 spiro atoms. The Morgan fingerprint density at radius 3 is 2.86 bits per heavy atom. The predicted octanol–water partition coefficient (Wildman–Crippen LogP) is 2.83. The molecular weight excluding hydrogens is 279 g/mol. The second-order valence-corrected chi connectivity index (χ2v) is 6.47. The number of anilines is 1. The van der Waals surface area contributed by atoms with Crippen molar-refractivity contribution in [2.24, 2.45) is 0 Å². The van der Waals surface area contributed by atoms with Gasteiger partial charge in [0.05, 0.1) is 10.9 Å². The van der Waals surface area contributed by atoms with Crippen molar-refractivity contribution >= 4 is 16.7 Å². The number of halogens is 1. The first-order valence-corrected chi connectivity index (χ1v) is 8.14. The second-order valence-electron chi connectivity index (χ2n) is 6.47. The van der Waals surface area contributed by atoms with Crippen LogP contribution in [0.15, 0.2) is 24.5 Å². The number of nitrogens with zero attached hydrogens (tertiary/aromatic N) is 4. The maximum Gasteiger partial charge on any atom is 0.142 e. The normalized spacial score (nSPS) is 23.7. The zero-order valence-corrected chi connectivity index (χ0v) is 12.9. The van der Waals surface area contributed by atoms with E-state index in [-0.39, 0.29) is 5.82 Å². The van der Waals surface area contributed by atoms with E-state index in [0.717, 1.165) is 18.9 Å². The fourth-order valence-electron chi connectivity index (χ4n) is 3.79. The van der Waals surface area contributed by atoms with E-state index in [4.69, 9.17) is 0 Å². The molecule has 2 aromatic rings. The quantitative estimate of drug-likeness (QED) is 0.854. The predicted molar refractivity (Wildman–Crippen MR) is 85.5 cm³/mol. The molecule has 5 heteroatoms. The van der Waals surface area contributed by atoms with Crippen molar-refractivity contribution in [3.63, 3.8) is 0 Å². The highest BCUT2D eigenvalue weighted by Gasteiger charge is 2.36. The van der Waals surface area contributed by atoms with E-state index in [1.165, 1.54) is 38.2 Å². The van der Waals surface area contributed by atoms with Crippen LogP contribution in [-0.4, -0.2) is 46.6 Å². The van der Waals surface area contributed by atoms with Gasteiger partial charge in [-0.15, -0.1) is 0 Å². The highest BCUT2D eigenvalue weighted by atomic mass is 19.1. The number of aromatic nitrogens is 2. The third-order valence-electron chi connectivity index (χ3n) is 5.08. The largest absolute Gasteiger partial charge is 0.353 e. The fourth-order valence-corrected chi connectivity index (χ4v) is 3.79. The van der Waals surface area contributed by atoms with Crippen LogP contribution >= 0.6 is 0 Å². The molecule has 1 aromatic heterocycles. The minimum atomic E-state index is -0.233. The molecule has 2 fully saturated rings. The van der Waals surface area contributed by atoms with Crippen LogP contribution in [0.4, 0.5) is 10.2 Å². The molecular formula is C17H21FN4. The summed E-state index contributed by atoms with van der Waals surface area (Å²) in [5.74, 6) is 0.506. The van der Waals surface area contributed by atoms with Crippen LogP contribution in [-0.2, 0) is 0 Å². The molecule has 4 nitrogen and oxygen atoms in total. The maximum absolute atomic E-state index is 14.2. The molecule has 0 N–H and O–H groups in total. The highest BCUT2D eigenvalue weighted by Crippen LogP contribution is 2.31. The van der Waals surface area contributed by atoms with Gasteiger partial charge in [-0.1, -0.05) is 12.5 Å². The number of hydrogen-bond donors (Lipinski definition) is 0. The van der Waals surface area contributed by atoms with Gasteiger partial charge in [-0.05, 0) is 38.4 Å². The van der Waals surface area contributed by atoms with Gasteiger partial charge in [-0.25, -0.2) is 14.4 Å². The molecule has 4 rings (SSSR count). The van der Waals surface area contributed by atoms with E-state index >= 15 is 0 Å². The number of piperidine rings is 1.